The summed E-state index contributed by atoms with van der Waals surface area (Å²) in [6.45, 7) is 0.239. The minimum Gasteiger partial charge on any atom is -0.487 e. The molecule has 9 heteroatoms. The molecule has 0 radical (unpaired) electrons. The number of amidine groups is 1. The van der Waals surface area contributed by atoms with E-state index in [0.29, 0.717) is 22.4 Å². The van der Waals surface area contributed by atoms with Crippen LogP contribution in [-0.4, -0.2) is 34.8 Å². The molecule has 2 unspecified atom stereocenters. The molecule has 1 fully saturated rings. The average molecular weight is 438 g/mol. The number of amides is 1. The van der Waals surface area contributed by atoms with Crippen LogP contribution in [0.2, 0.25) is 5.02 Å². The first-order valence-electron chi connectivity index (χ1n) is 10.0. The Morgan fingerprint density at radius 1 is 1.29 bits per heavy atom. The third kappa shape index (κ3) is 4.54. The summed E-state index contributed by atoms with van der Waals surface area (Å²) in [7, 11) is 0. The van der Waals surface area contributed by atoms with Gasteiger partial charge in [0.1, 0.15) is 18.1 Å². The highest BCUT2D eigenvalue weighted by atomic mass is 35.5. The minimum atomic E-state index is -0.397. The highest BCUT2D eigenvalue weighted by Crippen LogP contribution is 2.26. The number of halogens is 1. The molecule has 8 nitrogen and oxygen atoms in total. The van der Waals surface area contributed by atoms with Gasteiger partial charge in [-0.25, -0.2) is 4.99 Å². The van der Waals surface area contributed by atoms with Crippen LogP contribution in [0.15, 0.2) is 65.0 Å². The van der Waals surface area contributed by atoms with Gasteiger partial charge < -0.3 is 14.8 Å². The van der Waals surface area contributed by atoms with Gasteiger partial charge in [-0.2, -0.15) is 0 Å². The normalized spacial score (nSPS) is 22.9. The third-order valence-electron chi connectivity index (χ3n) is 5.11. The molecule has 1 saturated carbocycles. The first kappa shape index (κ1) is 19.6. The lowest BCUT2D eigenvalue weighted by molar-refractivity contribution is 0.0945. The number of ether oxygens (including phenoxy) is 2. The fourth-order valence-electron chi connectivity index (χ4n) is 3.30. The van der Waals surface area contributed by atoms with Crippen molar-refractivity contribution in [2.75, 3.05) is 0 Å². The molecule has 1 aliphatic carbocycles. The van der Waals surface area contributed by atoms with Gasteiger partial charge in [-0.15, -0.1) is 5.10 Å². The molecule has 0 spiro atoms. The van der Waals surface area contributed by atoms with Gasteiger partial charge in [-0.1, -0.05) is 11.6 Å². The molecule has 158 valence electrons. The molecule has 0 saturated heterocycles. The summed E-state index contributed by atoms with van der Waals surface area (Å²) in [6, 6.07) is 11.1. The van der Waals surface area contributed by atoms with Crippen LogP contribution in [0.5, 0.6) is 0 Å². The Balaban J connectivity index is 1.27. The van der Waals surface area contributed by atoms with Crippen molar-refractivity contribution in [3.8, 4) is 0 Å². The van der Waals surface area contributed by atoms with E-state index in [-0.39, 0.29) is 24.5 Å². The number of aromatic nitrogens is 1. The van der Waals surface area contributed by atoms with Crippen LogP contribution < -0.4 is 10.7 Å². The molecule has 2 aromatic rings. The molecular formula is C22H20ClN5O3. The zero-order chi connectivity index (χ0) is 21.2. The number of hydrogen-bond acceptors (Lipinski definition) is 6. The average Bonchev–Trinajstić information content (AvgIpc) is 3.46. The van der Waals surface area contributed by atoms with Gasteiger partial charge in [0, 0.05) is 17.3 Å². The fourth-order valence-corrected chi connectivity index (χ4v) is 3.42. The topological polar surface area (TPSA) is 97.2 Å². The van der Waals surface area contributed by atoms with E-state index in [9.17, 15) is 4.79 Å². The highest BCUT2D eigenvalue weighted by molar-refractivity contribution is 6.30. The van der Waals surface area contributed by atoms with Crippen molar-refractivity contribution in [2.24, 2.45) is 16.0 Å². The summed E-state index contributed by atoms with van der Waals surface area (Å²) in [6.07, 6.45) is 6.81. The van der Waals surface area contributed by atoms with Crippen LogP contribution >= 0.6 is 11.6 Å². The van der Waals surface area contributed by atoms with Crippen LogP contribution in [0.25, 0.3) is 0 Å². The Hall–Kier alpha value is -3.39. The monoisotopic (exact) mass is 437 g/mol. The Bertz CT molecular complexity index is 1080. The van der Waals surface area contributed by atoms with Gasteiger partial charge in [-0.05, 0) is 60.9 Å². The van der Waals surface area contributed by atoms with E-state index in [0.717, 1.165) is 24.1 Å². The number of benzene rings is 1. The molecule has 2 N–H and O–H groups in total. The van der Waals surface area contributed by atoms with Crippen LogP contribution in [0.4, 0.5) is 5.69 Å². The van der Waals surface area contributed by atoms with Crippen molar-refractivity contribution in [2.45, 2.75) is 31.6 Å². The smallest absolute Gasteiger partial charge is 0.270 e. The lowest BCUT2D eigenvalue weighted by atomic mass is 10.0. The molecule has 1 amide bonds. The number of hydrazone groups is 1. The van der Waals surface area contributed by atoms with Crippen LogP contribution in [0.3, 0.4) is 0 Å². The zero-order valence-electron chi connectivity index (χ0n) is 16.5. The van der Waals surface area contributed by atoms with E-state index >= 15 is 0 Å². The van der Waals surface area contributed by atoms with Crippen molar-refractivity contribution in [3.05, 3.63) is 71.2 Å². The maximum absolute atomic E-state index is 12.2. The van der Waals surface area contributed by atoms with E-state index in [1.807, 2.05) is 24.3 Å². The summed E-state index contributed by atoms with van der Waals surface area (Å²) >= 11 is 5.94. The molecule has 3 aliphatic rings. The fraction of sp³-hybridized carbons (Fsp3) is 0.273. The summed E-state index contributed by atoms with van der Waals surface area (Å²) in [5.41, 5.74) is 4.94. The van der Waals surface area contributed by atoms with E-state index in [2.05, 4.69) is 25.8 Å². The number of hydrogen-bond donors (Lipinski definition) is 2. The summed E-state index contributed by atoms with van der Waals surface area (Å²) in [5, 5.41) is 7.90. The lowest BCUT2D eigenvalue weighted by Crippen LogP contribution is -2.44. The van der Waals surface area contributed by atoms with Gasteiger partial charge in [0.05, 0.1) is 17.9 Å². The third-order valence-corrected chi connectivity index (χ3v) is 5.36. The Morgan fingerprint density at radius 2 is 2.13 bits per heavy atom. The Morgan fingerprint density at radius 3 is 2.94 bits per heavy atom. The van der Waals surface area contributed by atoms with Crippen LogP contribution in [0, 0.1) is 5.92 Å². The van der Waals surface area contributed by atoms with Gasteiger partial charge >= 0.3 is 0 Å². The Labute approximate surface area is 184 Å². The highest BCUT2D eigenvalue weighted by Gasteiger charge is 2.38. The predicted octanol–water partition coefficient (Wildman–Crippen LogP) is 3.32. The van der Waals surface area contributed by atoms with Gasteiger partial charge in [-0.3, -0.25) is 15.2 Å². The number of carbonyl (C=O) groups is 1. The molecule has 2 aliphatic heterocycles. The second kappa shape index (κ2) is 8.39. The minimum absolute atomic E-state index is 0.138. The van der Waals surface area contributed by atoms with Crippen LogP contribution in [0.1, 0.15) is 28.9 Å². The van der Waals surface area contributed by atoms with E-state index in [1.165, 1.54) is 0 Å². The first-order chi connectivity index (χ1) is 15.2. The largest absolute Gasteiger partial charge is 0.487 e. The Kier molecular flexibility index (Phi) is 5.30. The second-order valence-electron chi connectivity index (χ2n) is 7.53. The maximum atomic E-state index is 12.2. The maximum Gasteiger partial charge on any atom is 0.270 e. The van der Waals surface area contributed by atoms with Crippen molar-refractivity contribution >= 4 is 34.9 Å². The van der Waals surface area contributed by atoms with Gasteiger partial charge in [0.2, 0.25) is 5.90 Å². The number of rotatable bonds is 5. The van der Waals surface area contributed by atoms with Crippen LogP contribution in [-0.2, 0) is 16.1 Å². The van der Waals surface area contributed by atoms with E-state index in [4.69, 9.17) is 21.1 Å². The predicted molar refractivity (Wildman–Crippen MR) is 116 cm³/mol. The first-order valence-corrected chi connectivity index (χ1v) is 10.4. The summed E-state index contributed by atoms with van der Waals surface area (Å²) < 4.78 is 11.6. The summed E-state index contributed by atoms with van der Waals surface area (Å²) in [5.74, 6) is 0.787. The summed E-state index contributed by atoms with van der Waals surface area (Å²) in [4.78, 5) is 21.0. The van der Waals surface area contributed by atoms with Crippen molar-refractivity contribution < 1.29 is 14.3 Å². The van der Waals surface area contributed by atoms with Crippen molar-refractivity contribution in [1.82, 2.24) is 15.7 Å². The van der Waals surface area contributed by atoms with Crippen molar-refractivity contribution in [3.63, 3.8) is 0 Å². The molecule has 1 aromatic heterocycles. The molecule has 0 bridgehead atoms. The SMILES string of the molecule is O=C(NC1CC1)c1cc(COC2=NNC(=Nc3ccc(Cl)cc3)C3C=COC23)ccn1. The standard InChI is InChI=1S/C22H20ClN5O3/c23-14-1-3-15(4-2-14)25-20-17-8-10-30-19(17)22(28-27-20)31-12-13-7-9-24-18(11-13)21(29)26-16-5-6-16/h1-4,7-11,16-17,19H,5-6,12H2,(H,25,27)(H,26,29). The molecule has 5 rings (SSSR count). The molecule has 3 heterocycles. The lowest BCUT2D eigenvalue weighted by Gasteiger charge is -2.26. The zero-order valence-corrected chi connectivity index (χ0v) is 17.2. The number of nitrogens with one attached hydrogen (secondary N) is 2. The second-order valence-corrected chi connectivity index (χ2v) is 7.97. The molecule has 1 aromatic carbocycles. The molecule has 2 atom stereocenters. The number of pyridine rings is 1. The number of fused-ring (bicyclic) bond motifs is 1. The van der Waals surface area contributed by atoms with Gasteiger partial charge in [0.15, 0.2) is 6.10 Å². The number of carbonyl (C=O) groups excluding carboxylic acids is 1. The number of nitrogens with zero attached hydrogens (tertiary/aromatic N) is 3. The van der Waals surface area contributed by atoms with Gasteiger partial charge in [0.25, 0.3) is 5.91 Å². The number of aliphatic imine (C=N–C) groups is 1. The molecule has 31 heavy (non-hydrogen) atoms. The quantitative estimate of drug-likeness (QED) is 0.747. The van der Waals surface area contributed by atoms with Crippen molar-refractivity contribution in [1.29, 1.82) is 0 Å². The molecular weight excluding hydrogens is 418 g/mol. The van der Waals surface area contributed by atoms with E-state index in [1.54, 1.807) is 30.7 Å². The van der Waals surface area contributed by atoms with E-state index < -0.39 is 6.10 Å².